The van der Waals surface area contributed by atoms with Gasteiger partial charge in [-0.25, -0.2) is 4.98 Å². The standard InChI is InChI=1S/C23H37N5O/c1-7-9-17(3)25-23-26-18(4)21(22(24)27-23)15-19-10-11-20(14-16(19)2)29-13-8-12-28(5)6/h10-11,14,17H,7-9,12-13,15H2,1-6H3,(H3,24,25,26,27). The van der Waals surface area contributed by atoms with E-state index in [0.717, 1.165) is 55.8 Å². The summed E-state index contributed by atoms with van der Waals surface area (Å²) in [5, 5.41) is 3.34. The fourth-order valence-electron chi connectivity index (χ4n) is 3.34. The Morgan fingerprint density at radius 3 is 2.59 bits per heavy atom. The van der Waals surface area contributed by atoms with Crippen molar-refractivity contribution in [1.29, 1.82) is 0 Å². The summed E-state index contributed by atoms with van der Waals surface area (Å²) in [5.74, 6) is 2.07. The van der Waals surface area contributed by atoms with Crippen LogP contribution in [0.25, 0.3) is 0 Å². The SMILES string of the molecule is CCCC(C)Nc1nc(C)c(Cc2ccc(OCCCN(C)C)cc2C)c(N)n1. The van der Waals surface area contributed by atoms with Crippen molar-refractivity contribution < 1.29 is 4.74 Å². The zero-order valence-electron chi connectivity index (χ0n) is 18.9. The van der Waals surface area contributed by atoms with E-state index in [9.17, 15) is 0 Å². The number of hydrogen-bond acceptors (Lipinski definition) is 6. The highest BCUT2D eigenvalue weighted by Gasteiger charge is 2.13. The molecule has 0 aliphatic carbocycles. The summed E-state index contributed by atoms with van der Waals surface area (Å²) >= 11 is 0. The Morgan fingerprint density at radius 1 is 1.21 bits per heavy atom. The smallest absolute Gasteiger partial charge is 0.225 e. The molecule has 1 unspecified atom stereocenters. The molecule has 1 atom stereocenters. The van der Waals surface area contributed by atoms with Crippen LogP contribution in [0.1, 0.15) is 55.5 Å². The van der Waals surface area contributed by atoms with Gasteiger partial charge in [0.05, 0.1) is 6.61 Å². The molecule has 160 valence electrons. The second-order valence-electron chi connectivity index (χ2n) is 8.10. The van der Waals surface area contributed by atoms with E-state index in [4.69, 9.17) is 10.5 Å². The number of nitrogens with one attached hydrogen (secondary N) is 1. The highest BCUT2D eigenvalue weighted by atomic mass is 16.5. The highest BCUT2D eigenvalue weighted by Crippen LogP contribution is 2.24. The number of nitrogen functional groups attached to an aromatic ring is 1. The van der Waals surface area contributed by atoms with Gasteiger partial charge >= 0.3 is 0 Å². The molecule has 2 aromatic rings. The van der Waals surface area contributed by atoms with E-state index in [0.29, 0.717) is 17.8 Å². The zero-order chi connectivity index (χ0) is 21.4. The monoisotopic (exact) mass is 399 g/mol. The maximum absolute atomic E-state index is 6.29. The molecule has 1 aromatic heterocycles. The molecule has 0 fully saturated rings. The quantitative estimate of drug-likeness (QED) is 0.552. The first-order valence-corrected chi connectivity index (χ1v) is 10.6. The number of nitrogens with zero attached hydrogens (tertiary/aromatic N) is 3. The van der Waals surface area contributed by atoms with E-state index in [1.54, 1.807) is 0 Å². The lowest BCUT2D eigenvalue weighted by molar-refractivity contribution is 0.281. The van der Waals surface area contributed by atoms with Gasteiger partial charge in [-0.05, 0) is 71.0 Å². The number of nitrogens with two attached hydrogens (primary N) is 1. The van der Waals surface area contributed by atoms with Crippen LogP contribution in [0.4, 0.5) is 11.8 Å². The Morgan fingerprint density at radius 2 is 1.97 bits per heavy atom. The first-order valence-electron chi connectivity index (χ1n) is 10.6. The lowest BCUT2D eigenvalue weighted by Crippen LogP contribution is -2.18. The number of rotatable bonds is 11. The van der Waals surface area contributed by atoms with Crippen molar-refractivity contribution >= 4 is 11.8 Å². The van der Waals surface area contributed by atoms with Crippen LogP contribution < -0.4 is 15.8 Å². The molecular weight excluding hydrogens is 362 g/mol. The van der Waals surface area contributed by atoms with Crippen molar-refractivity contribution in [2.75, 3.05) is 38.3 Å². The number of aryl methyl sites for hydroxylation is 2. The van der Waals surface area contributed by atoms with Crippen LogP contribution in [0.3, 0.4) is 0 Å². The zero-order valence-corrected chi connectivity index (χ0v) is 18.9. The number of aromatic nitrogens is 2. The summed E-state index contributed by atoms with van der Waals surface area (Å²) in [5.41, 5.74) is 10.6. The summed E-state index contributed by atoms with van der Waals surface area (Å²) in [6.07, 6.45) is 3.93. The Bertz CT molecular complexity index is 768. The third-order valence-corrected chi connectivity index (χ3v) is 5.04. The maximum atomic E-state index is 6.29. The molecule has 0 aliphatic heterocycles. The molecule has 1 aromatic carbocycles. The molecule has 29 heavy (non-hydrogen) atoms. The Labute approximate surface area is 175 Å². The lowest BCUT2D eigenvalue weighted by Gasteiger charge is -2.16. The summed E-state index contributed by atoms with van der Waals surface area (Å²) in [7, 11) is 4.15. The molecule has 0 spiro atoms. The van der Waals surface area contributed by atoms with Gasteiger partial charge in [0.15, 0.2) is 0 Å². The largest absolute Gasteiger partial charge is 0.494 e. The van der Waals surface area contributed by atoms with Crippen molar-refractivity contribution in [2.45, 2.75) is 59.4 Å². The lowest BCUT2D eigenvalue weighted by atomic mass is 9.99. The molecule has 1 heterocycles. The van der Waals surface area contributed by atoms with Crippen molar-refractivity contribution in [3.63, 3.8) is 0 Å². The van der Waals surface area contributed by atoms with Gasteiger partial charge in [-0.2, -0.15) is 4.98 Å². The molecule has 0 bridgehead atoms. The molecule has 0 saturated heterocycles. The van der Waals surface area contributed by atoms with Gasteiger partial charge in [0.1, 0.15) is 11.6 Å². The third kappa shape index (κ3) is 7.20. The maximum Gasteiger partial charge on any atom is 0.225 e. The summed E-state index contributed by atoms with van der Waals surface area (Å²) in [4.78, 5) is 11.3. The molecule has 6 heteroatoms. The second kappa shape index (κ2) is 11.0. The molecule has 0 aliphatic rings. The van der Waals surface area contributed by atoms with Gasteiger partial charge in [-0.1, -0.05) is 19.4 Å². The van der Waals surface area contributed by atoms with Crippen LogP contribution in [0.15, 0.2) is 18.2 Å². The first-order chi connectivity index (χ1) is 13.8. The summed E-state index contributed by atoms with van der Waals surface area (Å²) in [6, 6.07) is 6.58. The minimum Gasteiger partial charge on any atom is -0.494 e. The van der Waals surface area contributed by atoms with E-state index in [-0.39, 0.29) is 0 Å². The number of benzene rings is 1. The fraction of sp³-hybridized carbons (Fsp3) is 0.565. The van der Waals surface area contributed by atoms with Gasteiger partial charge in [0, 0.05) is 30.3 Å². The van der Waals surface area contributed by atoms with E-state index in [1.165, 1.54) is 11.1 Å². The molecule has 0 amide bonds. The van der Waals surface area contributed by atoms with Crippen LogP contribution in [0.5, 0.6) is 5.75 Å². The van der Waals surface area contributed by atoms with Crippen molar-refractivity contribution in [3.8, 4) is 5.75 Å². The molecule has 0 saturated carbocycles. The molecule has 3 N–H and O–H groups in total. The van der Waals surface area contributed by atoms with Gasteiger partial charge < -0.3 is 20.7 Å². The van der Waals surface area contributed by atoms with E-state index < -0.39 is 0 Å². The van der Waals surface area contributed by atoms with Crippen molar-refractivity contribution in [2.24, 2.45) is 0 Å². The Kier molecular flexibility index (Phi) is 8.70. The molecule has 2 rings (SSSR count). The normalized spacial score (nSPS) is 12.2. The Balaban J connectivity index is 2.05. The van der Waals surface area contributed by atoms with Gasteiger partial charge in [0.25, 0.3) is 0 Å². The van der Waals surface area contributed by atoms with Crippen molar-refractivity contribution in [1.82, 2.24) is 14.9 Å². The molecule has 0 radical (unpaired) electrons. The second-order valence-corrected chi connectivity index (χ2v) is 8.10. The number of hydrogen-bond donors (Lipinski definition) is 2. The topological polar surface area (TPSA) is 76.3 Å². The molecule has 6 nitrogen and oxygen atoms in total. The van der Waals surface area contributed by atoms with Crippen LogP contribution in [0, 0.1) is 13.8 Å². The van der Waals surface area contributed by atoms with Gasteiger partial charge in [-0.3, -0.25) is 0 Å². The average molecular weight is 400 g/mol. The van der Waals surface area contributed by atoms with Gasteiger partial charge in [0.2, 0.25) is 5.95 Å². The number of ether oxygens (including phenoxy) is 1. The average Bonchev–Trinajstić information content (AvgIpc) is 2.63. The summed E-state index contributed by atoms with van der Waals surface area (Å²) in [6.45, 7) is 10.2. The highest BCUT2D eigenvalue weighted by molar-refractivity contribution is 5.50. The van der Waals surface area contributed by atoms with Crippen LogP contribution in [-0.4, -0.2) is 48.2 Å². The predicted molar refractivity (Wildman–Crippen MR) is 122 cm³/mol. The van der Waals surface area contributed by atoms with Crippen LogP contribution in [0.2, 0.25) is 0 Å². The van der Waals surface area contributed by atoms with Crippen molar-refractivity contribution in [3.05, 3.63) is 40.6 Å². The first kappa shape index (κ1) is 22.9. The minimum absolute atomic E-state index is 0.331. The van der Waals surface area contributed by atoms with Gasteiger partial charge in [-0.15, -0.1) is 0 Å². The minimum atomic E-state index is 0.331. The fourth-order valence-corrected chi connectivity index (χ4v) is 3.34. The number of anilines is 2. The van der Waals surface area contributed by atoms with Crippen LogP contribution in [-0.2, 0) is 6.42 Å². The molecular formula is C23H37N5O. The van der Waals surface area contributed by atoms with E-state index in [1.807, 2.05) is 13.0 Å². The third-order valence-electron chi connectivity index (χ3n) is 5.04. The summed E-state index contributed by atoms with van der Waals surface area (Å²) < 4.78 is 5.88. The van der Waals surface area contributed by atoms with E-state index in [2.05, 4.69) is 67.2 Å². The Hall–Kier alpha value is -2.34. The van der Waals surface area contributed by atoms with E-state index >= 15 is 0 Å². The van der Waals surface area contributed by atoms with Crippen LogP contribution >= 0.6 is 0 Å². The predicted octanol–water partition coefficient (Wildman–Crippen LogP) is 4.20.